The molecule has 10 heteroatoms. The molecular formula is C15H23FN4O4Si. The van der Waals surface area contributed by atoms with Gasteiger partial charge in [-0.1, -0.05) is 19.6 Å². The van der Waals surface area contributed by atoms with Crippen molar-refractivity contribution in [2.45, 2.75) is 50.5 Å². The highest BCUT2D eigenvalue weighted by molar-refractivity contribution is 6.76. The van der Waals surface area contributed by atoms with E-state index in [9.17, 15) is 14.6 Å². The maximum absolute atomic E-state index is 13.9. The van der Waals surface area contributed by atoms with E-state index in [0.717, 1.165) is 6.04 Å². The van der Waals surface area contributed by atoms with Crippen LogP contribution >= 0.6 is 0 Å². The van der Waals surface area contributed by atoms with Crippen molar-refractivity contribution >= 4 is 19.2 Å². The van der Waals surface area contributed by atoms with Crippen LogP contribution in [-0.2, 0) is 4.74 Å². The second-order valence-corrected chi connectivity index (χ2v) is 13.0. The molecule has 2 aromatic rings. The molecule has 0 bridgehead atoms. The Morgan fingerprint density at radius 3 is 2.80 bits per heavy atom. The highest BCUT2D eigenvalue weighted by Crippen LogP contribution is 2.32. The lowest BCUT2D eigenvalue weighted by Gasteiger charge is -2.16. The maximum Gasteiger partial charge on any atom is 0.314 e. The molecule has 0 radical (unpaired) electrons. The third-order valence-corrected chi connectivity index (χ3v) is 5.85. The molecule has 1 aliphatic heterocycles. The van der Waals surface area contributed by atoms with E-state index >= 15 is 0 Å². The minimum atomic E-state index is -1.29. The van der Waals surface area contributed by atoms with Crippen molar-refractivity contribution in [2.75, 3.05) is 13.2 Å². The van der Waals surface area contributed by atoms with Gasteiger partial charge in [0.05, 0.1) is 25.6 Å². The van der Waals surface area contributed by atoms with Crippen LogP contribution in [0.4, 0.5) is 4.39 Å². The van der Waals surface area contributed by atoms with E-state index in [0.29, 0.717) is 12.1 Å². The lowest BCUT2D eigenvalue weighted by molar-refractivity contribution is -0.0432. The van der Waals surface area contributed by atoms with Crippen LogP contribution in [0.1, 0.15) is 12.6 Å². The Hall–Kier alpha value is -1.62. The average molecular weight is 370 g/mol. The Bertz CT molecular complexity index is 751. The Morgan fingerprint density at radius 2 is 2.16 bits per heavy atom. The molecule has 0 amide bonds. The molecule has 3 atom stereocenters. The zero-order chi connectivity index (χ0) is 18.2. The van der Waals surface area contributed by atoms with Crippen molar-refractivity contribution in [3.8, 4) is 5.88 Å². The number of halogens is 1. The number of fused-ring (bicyclic) bond motifs is 1. The smallest absolute Gasteiger partial charge is 0.314 e. The molecule has 3 rings (SSSR count). The highest BCUT2D eigenvalue weighted by Gasteiger charge is 2.35. The number of hydrogen-bond acceptors (Lipinski definition) is 7. The summed E-state index contributed by atoms with van der Waals surface area (Å²) in [7, 11) is -1.29. The first-order chi connectivity index (χ1) is 11.8. The zero-order valence-corrected chi connectivity index (χ0v) is 15.5. The summed E-state index contributed by atoms with van der Waals surface area (Å²) in [5.41, 5.74) is 0.591. The first-order valence-electron chi connectivity index (χ1n) is 8.26. The first kappa shape index (κ1) is 18.2. The van der Waals surface area contributed by atoms with Crippen molar-refractivity contribution in [1.82, 2.24) is 19.5 Å². The fraction of sp³-hybridized carbons (Fsp3) is 0.667. The Balaban J connectivity index is 1.86. The fourth-order valence-corrected chi connectivity index (χ4v) is 3.40. The molecule has 0 aliphatic carbocycles. The van der Waals surface area contributed by atoms with Crippen molar-refractivity contribution < 1.29 is 24.1 Å². The van der Waals surface area contributed by atoms with E-state index in [1.807, 2.05) is 0 Å². The molecule has 0 saturated carbocycles. The van der Waals surface area contributed by atoms with Gasteiger partial charge in [-0.15, -0.1) is 0 Å². The minimum absolute atomic E-state index is 0.108. The van der Waals surface area contributed by atoms with Crippen LogP contribution in [0.25, 0.3) is 11.2 Å². The Morgan fingerprint density at radius 1 is 1.40 bits per heavy atom. The van der Waals surface area contributed by atoms with Gasteiger partial charge >= 0.3 is 6.08 Å². The predicted molar refractivity (Wildman–Crippen MR) is 90.5 cm³/mol. The maximum atomic E-state index is 13.9. The second kappa shape index (κ2) is 6.94. The molecule has 0 aromatic carbocycles. The van der Waals surface area contributed by atoms with E-state index in [1.54, 1.807) is 0 Å². The topological polar surface area (TPSA) is 103 Å². The average Bonchev–Trinajstić information content (AvgIpc) is 3.08. The summed E-state index contributed by atoms with van der Waals surface area (Å²) in [5.74, 6) is 0.108. The molecule has 1 saturated heterocycles. The zero-order valence-electron chi connectivity index (χ0n) is 14.5. The summed E-state index contributed by atoms with van der Waals surface area (Å²) in [6.45, 7) is 6.82. The largest absolute Gasteiger partial charge is 0.476 e. The van der Waals surface area contributed by atoms with Crippen LogP contribution in [0.5, 0.6) is 5.88 Å². The van der Waals surface area contributed by atoms with Crippen LogP contribution in [0.2, 0.25) is 25.7 Å². The lowest BCUT2D eigenvalue weighted by Crippen LogP contribution is -2.24. The van der Waals surface area contributed by atoms with Crippen LogP contribution in [-0.4, -0.2) is 63.2 Å². The second-order valence-electron chi connectivity index (χ2n) is 7.40. The van der Waals surface area contributed by atoms with Gasteiger partial charge in [-0.05, 0) is 6.04 Å². The molecule has 0 spiro atoms. The van der Waals surface area contributed by atoms with Crippen LogP contribution in [0.3, 0.4) is 0 Å². The third kappa shape index (κ3) is 3.97. The molecule has 2 aromatic heterocycles. The van der Waals surface area contributed by atoms with Gasteiger partial charge in [-0.25, -0.2) is 4.98 Å². The summed E-state index contributed by atoms with van der Waals surface area (Å²) in [6, 6.07) is 0.914. The summed E-state index contributed by atoms with van der Waals surface area (Å²) in [5, 5.41) is 19.1. The first-order valence-corrected chi connectivity index (χ1v) is 12.0. The monoisotopic (exact) mass is 370 g/mol. The van der Waals surface area contributed by atoms with Gasteiger partial charge in [0.25, 0.3) is 0 Å². The number of nitrogens with zero attached hydrogens (tertiary/aromatic N) is 4. The minimum Gasteiger partial charge on any atom is -0.476 e. The standard InChI is InChI=1S/C15H23FN4O4Si/c1-25(2,3)5-4-23-14-12-13(18-15(16)19-14)20(8-17-12)11-6-9(22)10(7-21)24-11/h8-11,21-22H,4-7H2,1-3H3. The molecule has 3 heterocycles. The summed E-state index contributed by atoms with van der Waals surface area (Å²) >= 11 is 0. The molecule has 1 aliphatic rings. The molecule has 1 fully saturated rings. The van der Waals surface area contributed by atoms with E-state index in [1.165, 1.54) is 10.9 Å². The summed E-state index contributed by atoms with van der Waals surface area (Å²) in [4.78, 5) is 11.7. The van der Waals surface area contributed by atoms with Gasteiger partial charge in [0.1, 0.15) is 12.3 Å². The van der Waals surface area contributed by atoms with Gasteiger partial charge < -0.3 is 19.7 Å². The van der Waals surface area contributed by atoms with Gasteiger partial charge in [-0.3, -0.25) is 4.57 Å². The Kier molecular flexibility index (Phi) is 5.05. The van der Waals surface area contributed by atoms with Crippen LogP contribution < -0.4 is 4.74 Å². The van der Waals surface area contributed by atoms with E-state index < -0.39 is 32.6 Å². The molecular weight excluding hydrogens is 347 g/mol. The number of aromatic nitrogens is 4. The summed E-state index contributed by atoms with van der Waals surface area (Å²) in [6.07, 6.45) is -1.25. The van der Waals surface area contributed by atoms with Crippen molar-refractivity contribution in [3.63, 3.8) is 0 Å². The number of rotatable bonds is 6. The highest BCUT2D eigenvalue weighted by atomic mass is 28.3. The number of ether oxygens (including phenoxy) is 2. The Labute approximate surface area is 145 Å². The number of aliphatic hydroxyl groups excluding tert-OH is 2. The van der Waals surface area contributed by atoms with E-state index in [2.05, 4.69) is 34.6 Å². The molecule has 25 heavy (non-hydrogen) atoms. The van der Waals surface area contributed by atoms with Gasteiger partial charge in [0.2, 0.25) is 5.88 Å². The lowest BCUT2D eigenvalue weighted by atomic mass is 10.2. The van der Waals surface area contributed by atoms with E-state index in [-0.39, 0.29) is 24.6 Å². The molecule has 138 valence electrons. The van der Waals surface area contributed by atoms with Gasteiger partial charge in [0.15, 0.2) is 11.2 Å². The van der Waals surface area contributed by atoms with Crippen molar-refractivity contribution in [3.05, 3.63) is 12.4 Å². The normalized spacial score (nSPS) is 24.2. The van der Waals surface area contributed by atoms with E-state index in [4.69, 9.17) is 9.47 Å². The molecule has 2 N–H and O–H groups in total. The molecule has 3 unspecified atom stereocenters. The SMILES string of the molecule is C[Si](C)(C)CCOc1nc(F)nc2c1ncn2C1CC(O)C(CO)O1. The van der Waals surface area contributed by atoms with Gasteiger partial charge in [0, 0.05) is 14.5 Å². The van der Waals surface area contributed by atoms with Crippen LogP contribution in [0, 0.1) is 6.08 Å². The fourth-order valence-electron chi connectivity index (χ4n) is 2.68. The van der Waals surface area contributed by atoms with Gasteiger partial charge in [-0.2, -0.15) is 14.4 Å². The summed E-state index contributed by atoms with van der Waals surface area (Å²) < 4.78 is 26.6. The predicted octanol–water partition coefficient (Wildman–Crippen LogP) is 1.32. The van der Waals surface area contributed by atoms with Crippen LogP contribution in [0.15, 0.2) is 6.33 Å². The molecule has 8 nitrogen and oxygen atoms in total. The van der Waals surface area contributed by atoms with Crippen molar-refractivity contribution in [2.24, 2.45) is 0 Å². The van der Waals surface area contributed by atoms with Crippen molar-refractivity contribution in [1.29, 1.82) is 0 Å². The number of hydrogen-bond donors (Lipinski definition) is 2. The number of imidazole rings is 1. The third-order valence-electron chi connectivity index (χ3n) is 4.15. The quantitative estimate of drug-likeness (QED) is 0.584. The number of aliphatic hydroxyl groups is 2.